The van der Waals surface area contributed by atoms with Gasteiger partial charge in [0.1, 0.15) is 5.82 Å². The van der Waals surface area contributed by atoms with Gasteiger partial charge < -0.3 is 10.6 Å². The van der Waals surface area contributed by atoms with Crippen LogP contribution in [-0.4, -0.2) is 12.5 Å². The molecule has 0 aliphatic rings. The van der Waals surface area contributed by atoms with Crippen LogP contribution in [0.5, 0.6) is 0 Å². The van der Waals surface area contributed by atoms with Crippen molar-refractivity contribution < 1.29 is 9.18 Å². The zero-order valence-electron chi connectivity index (χ0n) is 11.6. The van der Waals surface area contributed by atoms with Gasteiger partial charge in [0.05, 0.1) is 15.8 Å². The zero-order chi connectivity index (χ0) is 15.4. The molecule has 0 saturated carbocycles. The molecule has 0 radical (unpaired) electrons. The Morgan fingerprint density at radius 2 is 2.00 bits per heavy atom. The van der Waals surface area contributed by atoms with Crippen molar-refractivity contribution in [2.75, 3.05) is 17.2 Å². The van der Waals surface area contributed by atoms with E-state index < -0.39 is 5.82 Å². The SMILES string of the molecule is CCCN(C(=O)c1ccc(F)c(Br)c1)c1ccccc1N. The van der Waals surface area contributed by atoms with Gasteiger partial charge in [0, 0.05) is 12.1 Å². The molecule has 0 heterocycles. The van der Waals surface area contributed by atoms with E-state index in [1.54, 1.807) is 11.0 Å². The Morgan fingerprint density at radius 1 is 1.29 bits per heavy atom. The smallest absolute Gasteiger partial charge is 0.258 e. The monoisotopic (exact) mass is 350 g/mol. The summed E-state index contributed by atoms with van der Waals surface area (Å²) in [6.07, 6.45) is 0.794. The topological polar surface area (TPSA) is 46.3 Å². The van der Waals surface area contributed by atoms with Gasteiger partial charge in [-0.15, -0.1) is 0 Å². The third kappa shape index (κ3) is 3.42. The Hall–Kier alpha value is -1.88. The van der Waals surface area contributed by atoms with Crippen LogP contribution >= 0.6 is 15.9 Å². The summed E-state index contributed by atoms with van der Waals surface area (Å²) in [5.74, 6) is -0.594. The fourth-order valence-electron chi connectivity index (χ4n) is 2.07. The van der Waals surface area contributed by atoms with Gasteiger partial charge in [-0.05, 0) is 52.7 Å². The van der Waals surface area contributed by atoms with Crippen molar-refractivity contribution in [1.82, 2.24) is 0 Å². The van der Waals surface area contributed by atoms with Crippen molar-refractivity contribution in [3.63, 3.8) is 0 Å². The lowest BCUT2D eigenvalue weighted by Gasteiger charge is -2.24. The molecule has 2 N–H and O–H groups in total. The van der Waals surface area contributed by atoms with Crippen LogP contribution in [0.25, 0.3) is 0 Å². The number of carbonyl (C=O) groups excluding carboxylic acids is 1. The summed E-state index contributed by atoms with van der Waals surface area (Å²) in [6, 6.07) is 11.5. The average Bonchev–Trinajstić information content (AvgIpc) is 2.48. The molecule has 2 rings (SSSR count). The van der Waals surface area contributed by atoms with E-state index in [4.69, 9.17) is 5.73 Å². The molecular formula is C16H16BrFN2O. The van der Waals surface area contributed by atoms with Crippen molar-refractivity contribution in [1.29, 1.82) is 0 Å². The number of benzene rings is 2. The molecule has 0 aromatic heterocycles. The van der Waals surface area contributed by atoms with Crippen molar-refractivity contribution in [3.8, 4) is 0 Å². The van der Waals surface area contributed by atoms with E-state index in [0.717, 1.165) is 6.42 Å². The maximum absolute atomic E-state index is 13.3. The molecule has 0 atom stereocenters. The first kappa shape index (κ1) is 15.5. The Balaban J connectivity index is 2.40. The molecule has 0 spiro atoms. The number of amides is 1. The molecule has 2 aromatic carbocycles. The molecule has 1 amide bonds. The lowest BCUT2D eigenvalue weighted by Crippen LogP contribution is -2.32. The second kappa shape index (κ2) is 6.72. The number of anilines is 2. The number of carbonyl (C=O) groups is 1. The molecule has 0 saturated heterocycles. The maximum atomic E-state index is 13.3. The Labute approximate surface area is 131 Å². The molecule has 0 unspecified atom stereocenters. The summed E-state index contributed by atoms with van der Waals surface area (Å²) in [7, 11) is 0. The van der Waals surface area contributed by atoms with Crippen LogP contribution in [0.4, 0.5) is 15.8 Å². The van der Waals surface area contributed by atoms with E-state index in [2.05, 4.69) is 15.9 Å². The molecule has 5 heteroatoms. The average molecular weight is 351 g/mol. The van der Waals surface area contributed by atoms with Crippen LogP contribution in [0.3, 0.4) is 0 Å². The quantitative estimate of drug-likeness (QED) is 0.838. The van der Waals surface area contributed by atoms with Gasteiger partial charge in [-0.25, -0.2) is 4.39 Å². The minimum Gasteiger partial charge on any atom is -0.397 e. The van der Waals surface area contributed by atoms with Crippen LogP contribution in [0.2, 0.25) is 0 Å². The molecule has 3 nitrogen and oxygen atoms in total. The Kier molecular flexibility index (Phi) is 4.96. The van der Waals surface area contributed by atoms with Crippen LogP contribution in [0, 0.1) is 5.82 Å². The standard InChI is InChI=1S/C16H16BrFN2O/c1-2-9-20(15-6-4-3-5-14(15)19)16(21)11-7-8-13(18)12(17)10-11/h3-8,10H,2,9,19H2,1H3. The van der Waals surface area contributed by atoms with Gasteiger partial charge in [0.15, 0.2) is 0 Å². The predicted octanol–water partition coefficient (Wildman–Crippen LogP) is 4.23. The van der Waals surface area contributed by atoms with Crippen molar-refractivity contribution in [3.05, 3.63) is 58.3 Å². The maximum Gasteiger partial charge on any atom is 0.258 e. The third-order valence-electron chi connectivity index (χ3n) is 3.09. The largest absolute Gasteiger partial charge is 0.397 e. The molecule has 0 fully saturated rings. The van der Waals surface area contributed by atoms with Crippen molar-refractivity contribution in [2.45, 2.75) is 13.3 Å². The highest BCUT2D eigenvalue weighted by Crippen LogP contribution is 2.26. The fraction of sp³-hybridized carbons (Fsp3) is 0.188. The summed E-state index contributed by atoms with van der Waals surface area (Å²) in [6.45, 7) is 2.53. The molecule has 110 valence electrons. The highest BCUT2D eigenvalue weighted by Gasteiger charge is 2.19. The molecule has 0 aliphatic carbocycles. The molecular weight excluding hydrogens is 335 g/mol. The second-order valence-corrected chi connectivity index (χ2v) is 5.50. The van der Waals surface area contributed by atoms with Crippen LogP contribution in [0.15, 0.2) is 46.9 Å². The highest BCUT2D eigenvalue weighted by atomic mass is 79.9. The molecule has 2 aromatic rings. The summed E-state index contributed by atoms with van der Waals surface area (Å²) in [5, 5.41) is 0. The van der Waals surface area contributed by atoms with Gasteiger partial charge in [0.25, 0.3) is 5.91 Å². The minimum absolute atomic E-state index is 0.199. The first-order chi connectivity index (χ1) is 10.0. The van der Waals surface area contributed by atoms with Crippen LogP contribution in [0.1, 0.15) is 23.7 Å². The van der Waals surface area contributed by atoms with E-state index in [1.807, 2.05) is 25.1 Å². The first-order valence-electron chi connectivity index (χ1n) is 6.66. The van der Waals surface area contributed by atoms with E-state index in [1.165, 1.54) is 18.2 Å². The summed E-state index contributed by atoms with van der Waals surface area (Å²) in [5.41, 5.74) is 7.59. The van der Waals surface area contributed by atoms with Crippen molar-refractivity contribution >= 4 is 33.2 Å². The van der Waals surface area contributed by atoms with Crippen LogP contribution in [-0.2, 0) is 0 Å². The molecule has 21 heavy (non-hydrogen) atoms. The first-order valence-corrected chi connectivity index (χ1v) is 7.45. The number of rotatable bonds is 4. The van der Waals surface area contributed by atoms with Gasteiger partial charge in [-0.2, -0.15) is 0 Å². The van der Waals surface area contributed by atoms with Gasteiger partial charge >= 0.3 is 0 Å². The summed E-state index contributed by atoms with van der Waals surface area (Å²) < 4.78 is 13.6. The number of hydrogen-bond donors (Lipinski definition) is 1. The third-order valence-corrected chi connectivity index (χ3v) is 3.69. The van der Waals surface area contributed by atoms with Gasteiger partial charge in [-0.1, -0.05) is 19.1 Å². The number of para-hydroxylation sites is 2. The van der Waals surface area contributed by atoms with E-state index in [9.17, 15) is 9.18 Å². The molecule has 0 bridgehead atoms. The Bertz CT molecular complexity index is 660. The number of nitrogens with zero attached hydrogens (tertiary/aromatic N) is 1. The van der Waals surface area contributed by atoms with E-state index in [-0.39, 0.29) is 10.4 Å². The number of nitrogen functional groups attached to an aromatic ring is 1. The van der Waals surface area contributed by atoms with Gasteiger partial charge in [-0.3, -0.25) is 4.79 Å². The number of nitrogens with two attached hydrogens (primary N) is 1. The Morgan fingerprint density at radius 3 is 2.62 bits per heavy atom. The number of halogens is 2. The number of hydrogen-bond acceptors (Lipinski definition) is 2. The normalized spacial score (nSPS) is 10.4. The fourth-order valence-corrected chi connectivity index (χ4v) is 2.45. The van der Waals surface area contributed by atoms with E-state index in [0.29, 0.717) is 23.5 Å². The predicted molar refractivity (Wildman–Crippen MR) is 86.9 cm³/mol. The van der Waals surface area contributed by atoms with Crippen molar-refractivity contribution in [2.24, 2.45) is 0 Å². The van der Waals surface area contributed by atoms with Gasteiger partial charge in [0.2, 0.25) is 0 Å². The summed E-state index contributed by atoms with van der Waals surface area (Å²) >= 11 is 3.10. The highest BCUT2D eigenvalue weighted by molar-refractivity contribution is 9.10. The lowest BCUT2D eigenvalue weighted by atomic mass is 10.1. The lowest BCUT2D eigenvalue weighted by molar-refractivity contribution is 0.0987. The van der Waals surface area contributed by atoms with E-state index >= 15 is 0 Å². The molecule has 0 aliphatic heterocycles. The van der Waals surface area contributed by atoms with Crippen LogP contribution < -0.4 is 10.6 Å². The summed E-state index contributed by atoms with van der Waals surface area (Å²) in [4.78, 5) is 14.3. The second-order valence-electron chi connectivity index (χ2n) is 4.64. The minimum atomic E-state index is -0.396. The zero-order valence-corrected chi connectivity index (χ0v) is 13.2.